The molecule has 0 aliphatic rings. The zero-order chi connectivity index (χ0) is 14.0. The predicted molar refractivity (Wildman–Crippen MR) is 74.5 cm³/mol. The molecule has 1 atom stereocenters. The molecule has 1 heterocycles. The number of hydrogen-bond donors (Lipinski definition) is 1. The molecule has 0 fully saturated rings. The lowest BCUT2D eigenvalue weighted by molar-refractivity contribution is -0.123. The van der Waals surface area contributed by atoms with Crippen LogP contribution in [0.25, 0.3) is 5.69 Å². The maximum atomic E-state index is 10.9. The normalized spacial score (nSPS) is 12.2. The highest BCUT2D eigenvalue weighted by Gasteiger charge is 2.10. The van der Waals surface area contributed by atoms with E-state index in [0.717, 1.165) is 5.69 Å². The summed E-state index contributed by atoms with van der Waals surface area (Å²) in [4.78, 5) is 10.9. The van der Waals surface area contributed by atoms with E-state index < -0.39 is 12.0 Å². The van der Waals surface area contributed by atoms with Crippen molar-refractivity contribution in [3.8, 4) is 11.4 Å². The fraction of sp³-hybridized carbons (Fsp3) is 0.267. The summed E-state index contributed by atoms with van der Waals surface area (Å²) in [7, 11) is 0. The number of amides is 1. The number of carbonyl (C=O) groups excluding carboxylic acids is 1. The molecule has 19 heavy (non-hydrogen) atoms. The first-order valence-electron chi connectivity index (χ1n) is 6.20. The van der Waals surface area contributed by atoms with Gasteiger partial charge in [0.1, 0.15) is 5.75 Å². The molecule has 0 spiro atoms. The molecule has 1 aromatic heterocycles. The summed E-state index contributed by atoms with van der Waals surface area (Å²) in [6.45, 7) is 5.76. The second kappa shape index (κ2) is 5.18. The Morgan fingerprint density at radius 3 is 2.11 bits per heavy atom. The minimum absolute atomic E-state index is 0.471. The average molecular weight is 258 g/mol. The van der Waals surface area contributed by atoms with E-state index in [2.05, 4.69) is 30.5 Å². The van der Waals surface area contributed by atoms with Gasteiger partial charge in [-0.15, -0.1) is 0 Å². The van der Waals surface area contributed by atoms with Gasteiger partial charge in [0.15, 0.2) is 6.10 Å². The highest BCUT2D eigenvalue weighted by atomic mass is 16.5. The van der Waals surface area contributed by atoms with E-state index in [4.69, 9.17) is 10.5 Å². The maximum absolute atomic E-state index is 10.9. The Hall–Kier alpha value is -2.23. The molecule has 0 saturated heterocycles. The van der Waals surface area contributed by atoms with Gasteiger partial charge in [-0.05, 0) is 57.2 Å². The predicted octanol–water partition coefficient (Wildman–Crippen LogP) is 2.35. The van der Waals surface area contributed by atoms with Gasteiger partial charge in [0, 0.05) is 17.1 Å². The van der Waals surface area contributed by atoms with Crippen molar-refractivity contribution in [2.45, 2.75) is 26.9 Å². The van der Waals surface area contributed by atoms with Crippen molar-refractivity contribution < 1.29 is 9.53 Å². The van der Waals surface area contributed by atoms with Crippen LogP contribution >= 0.6 is 0 Å². The Kier molecular flexibility index (Phi) is 3.60. The van der Waals surface area contributed by atoms with E-state index in [9.17, 15) is 4.79 Å². The van der Waals surface area contributed by atoms with Gasteiger partial charge < -0.3 is 15.0 Å². The highest BCUT2D eigenvalue weighted by molar-refractivity contribution is 5.78. The smallest absolute Gasteiger partial charge is 0.258 e. The lowest BCUT2D eigenvalue weighted by Gasteiger charge is -2.13. The zero-order valence-corrected chi connectivity index (χ0v) is 11.4. The largest absolute Gasteiger partial charge is 0.481 e. The minimum atomic E-state index is -0.624. The fourth-order valence-corrected chi connectivity index (χ4v) is 2.01. The number of benzene rings is 1. The second-order valence-electron chi connectivity index (χ2n) is 4.61. The van der Waals surface area contributed by atoms with Crippen molar-refractivity contribution in [3.05, 3.63) is 47.8 Å². The summed E-state index contributed by atoms with van der Waals surface area (Å²) in [5.74, 6) is 0.165. The third kappa shape index (κ3) is 2.78. The number of nitrogens with zero attached hydrogens (tertiary/aromatic N) is 1. The Bertz CT molecular complexity index is 565. The third-order valence-electron chi connectivity index (χ3n) is 3.08. The standard InChI is InChI=1S/C15H18N2O2/c1-10-4-5-11(2)17(10)13-6-8-14(9-7-13)19-12(3)15(16)18/h4-9,12H,1-3H3,(H2,16,18). The molecule has 0 saturated carbocycles. The van der Waals surface area contributed by atoms with Gasteiger partial charge in [-0.2, -0.15) is 0 Å². The van der Waals surface area contributed by atoms with E-state index >= 15 is 0 Å². The SMILES string of the molecule is Cc1ccc(C)n1-c1ccc(OC(C)C(N)=O)cc1. The number of hydrogen-bond acceptors (Lipinski definition) is 2. The number of carbonyl (C=O) groups is 1. The molecular weight excluding hydrogens is 240 g/mol. The quantitative estimate of drug-likeness (QED) is 0.915. The fourth-order valence-electron chi connectivity index (χ4n) is 2.01. The van der Waals surface area contributed by atoms with E-state index in [0.29, 0.717) is 5.75 Å². The summed E-state index contributed by atoms with van der Waals surface area (Å²) in [6.07, 6.45) is -0.624. The highest BCUT2D eigenvalue weighted by Crippen LogP contribution is 2.20. The van der Waals surface area contributed by atoms with Crippen LogP contribution in [0, 0.1) is 13.8 Å². The summed E-state index contributed by atoms with van der Waals surface area (Å²) < 4.78 is 7.58. The van der Waals surface area contributed by atoms with Crippen LogP contribution in [0.4, 0.5) is 0 Å². The summed E-state index contributed by atoms with van der Waals surface area (Å²) in [5.41, 5.74) is 8.59. The Morgan fingerprint density at radius 2 is 1.63 bits per heavy atom. The Labute approximate surface area is 112 Å². The minimum Gasteiger partial charge on any atom is -0.481 e. The summed E-state index contributed by atoms with van der Waals surface area (Å²) in [5, 5.41) is 0. The molecule has 100 valence electrons. The average Bonchev–Trinajstić information content (AvgIpc) is 2.70. The van der Waals surface area contributed by atoms with Gasteiger partial charge in [-0.1, -0.05) is 0 Å². The number of rotatable bonds is 4. The molecular formula is C15H18N2O2. The van der Waals surface area contributed by atoms with Gasteiger partial charge in [0.2, 0.25) is 0 Å². The van der Waals surface area contributed by atoms with Crippen molar-refractivity contribution in [2.75, 3.05) is 0 Å². The topological polar surface area (TPSA) is 57.2 Å². The molecule has 4 heteroatoms. The van der Waals surface area contributed by atoms with Crippen LogP contribution in [0.1, 0.15) is 18.3 Å². The van der Waals surface area contributed by atoms with Gasteiger partial charge in [-0.3, -0.25) is 4.79 Å². The first-order chi connectivity index (χ1) is 8.99. The van der Waals surface area contributed by atoms with Crippen molar-refractivity contribution >= 4 is 5.91 Å². The van der Waals surface area contributed by atoms with Crippen LogP contribution in [0.5, 0.6) is 5.75 Å². The lowest BCUT2D eigenvalue weighted by atomic mass is 10.2. The number of aryl methyl sites for hydroxylation is 2. The van der Waals surface area contributed by atoms with Gasteiger partial charge in [0.25, 0.3) is 5.91 Å². The number of primary amides is 1. The van der Waals surface area contributed by atoms with Crippen LogP contribution < -0.4 is 10.5 Å². The first kappa shape index (κ1) is 13.2. The lowest BCUT2D eigenvalue weighted by Crippen LogP contribution is -2.30. The van der Waals surface area contributed by atoms with E-state index in [1.807, 2.05) is 24.3 Å². The van der Waals surface area contributed by atoms with Crippen molar-refractivity contribution in [2.24, 2.45) is 5.73 Å². The Morgan fingerprint density at radius 1 is 1.11 bits per heavy atom. The first-order valence-corrected chi connectivity index (χ1v) is 6.20. The second-order valence-corrected chi connectivity index (χ2v) is 4.61. The molecule has 4 nitrogen and oxygen atoms in total. The van der Waals surface area contributed by atoms with Crippen molar-refractivity contribution in [1.82, 2.24) is 4.57 Å². The molecule has 2 aromatic rings. The monoisotopic (exact) mass is 258 g/mol. The molecule has 0 aliphatic carbocycles. The number of aromatic nitrogens is 1. The molecule has 0 radical (unpaired) electrons. The van der Waals surface area contributed by atoms with Crippen LogP contribution in [-0.2, 0) is 4.79 Å². The summed E-state index contributed by atoms with van der Waals surface area (Å²) in [6, 6.07) is 11.8. The molecule has 1 aromatic carbocycles. The van der Waals surface area contributed by atoms with Gasteiger partial charge >= 0.3 is 0 Å². The van der Waals surface area contributed by atoms with Crippen LogP contribution in [0.3, 0.4) is 0 Å². The maximum Gasteiger partial charge on any atom is 0.258 e. The molecule has 1 amide bonds. The van der Waals surface area contributed by atoms with E-state index in [1.165, 1.54) is 11.4 Å². The molecule has 2 N–H and O–H groups in total. The zero-order valence-electron chi connectivity index (χ0n) is 11.4. The number of nitrogens with two attached hydrogens (primary N) is 1. The van der Waals surface area contributed by atoms with Gasteiger partial charge in [-0.25, -0.2) is 0 Å². The van der Waals surface area contributed by atoms with Gasteiger partial charge in [0.05, 0.1) is 0 Å². The van der Waals surface area contributed by atoms with Crippen LogP contribution in [-0.4, -0.2) is 16.6 Å². The van der Waals surface area contributed by atoms with E-state index in [-0.39, 0.29) is 0 Å². The Balaban J connectivity index is 2.22. The summed E-state index contributed by atoms with van der Waals surface area (Å²) >= 11 is 0. The molecule has 0 aliphatic heterocycles. The van der Waals surface area contributed by atoms with E-state index in [1.54, 1.807) is 6.92 Å². The van der Waals surface area contributed by atoms with Crippen molar-refractivity contribution in [3.63, 3.8) is 0 Å². The van der Waals surface area contributed by atoms with Crippen LogP contribution in [0.15, 0.2) is 36.4 Å². The molecule has 0 bridgehead atoms. The molecule has 1 unspecified atom stereocenters. The molecule has 2 rings (SSSR count). The number of ether oxygens (including phenoxy) is 1. The van der Waals surface area contributed by atoms with Crippen molar-refractivity contribution in [1.29, 1.82) is 0 Å². The van der Waals surface area contributed by atoms with Crippen LogP contribution in [0.2, 0.25) is 0 Å². The third-order valence-corrected chi connectivity index (χ3v) is 3.08.